The van der Waals surface area contributed by atoms with Crippen LogP contribution in [0.2, 0.25) is 0 Å². The van der Waals surface area contributed by atoms with Gasteiger partial charge in [0.2, 0.25) is 5.89 Å². The third kappa shape index (κ3) is 2.12. The Morgan fingerprint density at radius 1 is 1.26 bits per heavy atom. The van der Waals surface area contributed by atoms with Crippen LogP contribution in [-0.4, -0.2) is 4.98 Å². The van der Waals surface area contributed by atoms with Crippen LogP contribution in [0.5, 0.6) is 0 Å². The molecule has 0 aliphatic heterocycles. The number of nitrogen functional groups attached to an aromatic ring is 1. The zero-order valence-corrected chi connectivity index (χ0v) is 12.0. The van der Waals surface area contributed by atoms with Crippen LogP contribution in [-0.2, 0) is 5.41 Å². The summed E-state index contributed by atoms with van der Waals surface area (Å²) in [6.45, 7) is 6.48. The van der Waals surface area contributed by atoms with Crippen LogP contribution >= 0.6 is 11.3 Å². The molecule has 3 nitrogen and oxygen atoms in total. The molecule has 3 rings (SSSR count). The fourth-order valence-corrected chi connectivity index (χ4v) is 2.65. The van der Waals surface area contributed by atoms with E-state index in [4.69, 9.17) is 10.2 Å². The molecule has 0 spiro atoms. The molecule has 0 fully saturated rings. The van der Waals surface area contributed by atoms with E-state index < -0.39 is 0 Å². The van der Waals surface area contributed by atoms with E-state index in [0.717, 1.165) is 10.4 Å². The predicted molar refractivity (Wildman–Crippen MR) is 80.4 cm³/mol. The highest BCUT2D eigenvalue weighted by atomic mass is 32.1. The van der Waals surface area contributed by atoms with E-state index in [9.17, 15) is 0 Å². The van der Waals surface area contributed by atoms with Crippen LogP contribution in [0.4, 0.5) is 5.69 Å². The number of hydrogen-bond donors (Lipinski definition) is 1. The van der Waals surface area contributed by atoms with Gasteiger partial charge in [-0.1, -0.05) is 26.8 Å². The number of hydrogen-bond acceptors (Lipinski definition) is 4. The van der Waals surface area contributed by atoms with Crippen LogP contribution in [0, 0.1) is 0 Å². The summed E-state index contributed by atoms with van der Waals surface area (Å²) in [5, 5.41) is 2.01. The number of nitrogens with zero attached hydrogens (tertiary/aromatic N) is 1. The second-order valence-corrected chi connectivity index (χ2v) is 6.61. The first-order valence-corrected chi connectivity index (χ1v) is 7.07. The Hall–Kier alpha value is -1.81. The molecule has 0 radical (unpaired) electrons. The van der Waals surface area contributed by atoms with Crippen molar-refractivity contribution in [3.63, 3.8) is 0 Å². The first-order chi connectivity index (χ1) is 8.95. The highest BCUT2D eigenvalue weighted by molar-refractivity contribution is 7.13. The average molecular weight is 272 g/mol. The van der Waals surface area contributed by atoms with Gasteiger partial charge in [0.05, 0.1) is 10.6 Å². The maximum Gasteiger partial charge on any atom is 0.237 e. The van der Waals surface area contributed by atoms with E-state index in [1.165, 1.54) is 5.56 Å². The van der Waals surface area contributed by atoms with Crippen molar-refractivity contribution in [3.8, 4) is 10.8 Å². The van der Waals surface area contributed by atoms with Crippen molar-refractivity contribution >= 4 is 28.1 Å². The number of fused-ring (bicyclic) bond motifs is 1. The maximum atomic E-state index is 6.09. The lowest BCUT2D eigenvalue weighted by molar-refractivity contribution is 0.590. The van der Waals surface area contributed by atoms with Gasteiger partial charge in [-0.3, -0.25) is 0 Å². The van der Waals surface area contributed by atoms with E-state index in [2.05, 4.69) is 31.8 Å². The number of nitrogens with two attached hydrogens (primary N) is 1. The number of aromatic nitrogens is 1. The molecule has 0 aliphatic rings. The lowest BCUT2D eigenvalue weighted by Crippen LogP contribution is -2.11. The Morgan fingerprint density at radius 3 is 2.68 bits per heavy atom. The molecular weight excluding hydrogens is 256 g/mol. The first kappa shape index (κ1) is 12.2. The van der Waals surface area contributed by atoms with Gasteiger partial charge in [0.25, 0.3) is 0 Å². The molecule has 19 heavy (non-hydrogen) atoms. The van der Waals surface area contributed by atoms with Crippen LogP contribution in [0.3, 0.4) is 0 Å². The van der Waals surface area contributed by atoms with E-state index in [-0.39, 0.29) is 5.41 Å². The van der Waals surface area contributed by atoms with Gasteiger partial charge in [0, 0.05) is 0 Å². The second kappa shape index (κ2) is 4.10. The Morgan fingerprint density at radius 2 is 2.05 bits per heavy atom. The molecule has 0 atom stereocenters. The van der Waals surface area contributed by atoms with Crippen molar-refractivity contribution in [2.75, 3.05) is 5.73 Å². The summed E-state index contributed by atoms with van der Waals surface area (Å²) in [5.74, 6) is 0.641. The van der Waals surface area contributed by atoms with Crippen molar-refractivity contribution in [2.24, 2.45) is 0 Å². The summed E-state index contributed by atoms with van der Waals surface area (Å²) >= 11 is 1.61. The molecule has 0 unspecified atom stereocenters. The van der Waals surface area contributed by atoms with Gasteiger partial charge in [-0.05, 0) is 34.6 Å². The zero-order chi connectivity index (χ0) is 13.6. The van der Waals surface area contributed by atoms with Gasteiger partial charge in [-0.15, -0.1) is 11.3 Å². The fourth-order valence-electron chi connectivity index (χ4n) is 2.00. The largest absolute Gasteiger partial charge is 0.433 e. The number of rotatable bonds is 1. The highest BCUT2D eigenvalue weighted by Crippen LogP contribution is 2.34. The molecule has 0 saturated carbocycles. The van der Waals surface area contributed by atoms with Crippen molar-refractivity contribution in [1.29, 1.82) is 0 Å². The van der Waals surface area contributed by atoms with Crippen LogP contribution in [0.25, 0.3) is 21.9 Å². The number of anilines is 1. The van der Waals surface area contributed by atoms with Crippen LogP contribution < -0.4 is 5.73 Å². The van der Waals surface area contributed by atoms with E-state index >= 15 is 0 Å². The summed E-state index contributed by atoms with van der Waals surface area (Å²) in [5.41, 5.74) is 9.46. The summed E-state index contributed by atoms with van der Waals surface area (Å²) < 4.78 is 5.79. The van der Waals surface area contributed by atoms with Crippen molar-refractivity contribution in [2.45, 2.75) is 26.2 Å². The monoisotopic (exact) mass is 272 g/mol. The van der Waals surface area contributed by atoms with Gasteiger partial charge in [0.15, 0.2) is 5.58 Å². The fraction of sp³-hybridized carbons (Fsp3) is 0.267. The predicted octanol–water partition coefficient (Wildman–Crippen LogP) is 4.44. The lowest BCUT2D eigenvalue weighted by atomic mass is 9.86. The first-order valence-electron chi connectivity index (χ1n) is 6.19. The highest BCUT2D eigenvalue weighted by Gasteiger charge is 2.18. The molecule has 98 valence electrons. The Labute approximate surface area is 116 Å². The molecule has 0 aliphatic carbocycles. The quantitative estimate of drug-likeness (QED) is 0.666. The summed E-state index contributed by atoms with van der Waals surface area (Å²) in [7, 11) is 0. The zero-order valence-electron chi connectivity index (χ0n) is 11.2. The van der Waals surface area contributed by atoms with Gasteiger partial charge in [-0.25, -0.2) is 4.98 Å². The lowest BCUT2D eigenvalue weighted by Gasteiger charge is -2.19. The molecule has 0 amide bonds. The van der Waals surface area contributed by atoms with E-state index in [1.807, 2.05) is 23.6 Å². The molecule has 2 aromatic heterocycles. The normalized spacial score (nSPS) is 12.2. The smallest absolute Gasteiger partial charge is 0.237 e. The third-order valence-corrected chi connectivity index (χ3v) is 3.97. The molecule has 2 N–H and O–H groups in total. The minimum atomic E-state index is 0.0460. The van der Waals surface area contributed by atoms with Gasteiger partial charge >= 0.3 is 0 Å². The van der Waals surface area contributed by atoms with Crippen molar-refractivity contribution in [1.82, 2.24) is 4.98 Å². The summed E-state index contributed by atoms with van der Waals surface area (Å²) in [6.07, 6.45) is 0. The Bertz CT molecular complexity index is 721. The Balaban J connectivity index is 2.21. The number of benzene rings is 1. The van der Waals surface area contributed by atoms with Crippen LogP contribution in [0.15, 0.2) is 34.1 Å². The molecular formula is C15H16N2OS. The van der Waals surface area contributed by atoms with E-state index in [1.54, 1.807) is 11.3 Å². The third-order valence-electron chi connectivity index (χ3n) is 3.12. The molecule has 0 saturated heterocycles. The maximum absolute atomic E-state index is 6.09. The summed E-state index contributed by atoms with van der Waals surface area (Å²) in [6, 6.07) is 8.02. The average Bonchev–Trinajstić information content (AvgIpc) is 2.95. The molecule has 1 aromatic carbocycles. The minimum Gasteiger partial charge on any atom is -0.433 e. The van der Waals surface area contributed by atoms with Gasteiger partial charge < -0.3 is 10.2 Å². The molecule has 3 aromatic rings. The molecule has 2 heterocycles. The SMILES string of the molecule is CC(C)(C)c1cc(N)c2oc(-c3cccs3)nc2c1. The Kier molecular flexibility index (Phi) is 2.64. The standard InChI is InChI=1S/C15H16N2OS/c1-15(2,3)9-7-10(16)13-11(8-9)17-14(18-13)12-5-4-6-19-12/h4-8H,16H2,1-3H3. The van der Waals surface area contributed by atoms with Crippen molar-refractivity contribution < 1.29 is 4.42 Å². The van der Waals surface area contributed by atoms with Crippen molar-refractivity contribution in [3.05, 3.63) is 35.2 Å². The molecule has 0 bridgehead atoms. The topological polar surface area (TPSA) is 52.0 Å². The summed E-state index contributed by atoms with van der Waals surface area (Å²) in [4.78, 5) is 5.58. The second-order valence-electron chi connectivity index (χ2n) is 5.66. The minimum absolute atomic E-state index is 0.0460. The number of thiophene rings is 1. The van der Waals surface area contributed by atoms with E-state index in [0.29, 0.717) is 17.2 Å². The van der Waals surface area contributed by atoms with Gasteiger partial charge in [0.1, 0.15) is 5.52 Å². The molecule has 4 heteroatoms. The van der Waals surface area contributed by atoms with Gasteiger partial charge in [-0.2, -0.15) is 0 Å². The number of oxazole rings is 1. The van der Waals surface area contributed by atoms with Crippen LogP contribution in [0.1, 0.15) is 26.3 Å².